The Labute approximate surface area is 98.8 Å². The zero-order valence-corrected chi connectivity index (χ0v) is 10.4. The van der Waals surface area contributed by atoms with Gasteiger partial charge in [-0.25, -0.2) is 0 Å². The zero-order chi connectivity index (χ0) is 11.3. The van der Waals surface area contributed by atoms with Crippen molar-refractivity contribution in [1.82, 2.24) is 5.32 Å². The quantitative estimate of drug-likeness (QED) is 0.568. The molecule has 1 aromatic rings. The van der Waals surface area contributed by atoms with E-state index in [0.717, 1.165) is 23.1 Å². The summed E-state index contributed by atoms with van der Waals surface area (Å²) in [6, 6.07) is 5.55. The number of nitrogen functional groups attached to an aromatic ring is 1. The molecule has 0 aliphatic carbocycles. The minimum atomic E-state index is -0.445. The summed E-state index contributed by atoms with van der Waals surface area (Å²) in [6.07, 6.45) is 0.258. The van der Waals surface area contributed by atoms with Gasteiger partial charge in [0.05, 0.1) is 6.10 Å². The molecule has 0 bridgehead atoms. The van der Waals surface area contributed by atoms with E-state index >= 15 is 0 Å². The highest BCUT2D eigenvalue weighted by atomic mass is 79.9. The molecule has 0 heterocycles. The van der Waals surface area contributed by atoms with Crippen LogP contribution in [-0.2, 0) is 0 Å². The molecule has 4 heteroatoms. The van der Waals surface area contributed by atoms with Gasteiger partial charge in [0.2, 0.25) is 0 Å². The molecule has 0 aliphatic rings. The van der Waals surface area contributed by atoms with Crippen molar-refractivity contribution in [2.24, 2.45) is 0 Å². The van der Waals surface area contributed by atoms with Gasteiger partial charge in [0.15, 0.2) is 0 Å². The monoisotopic (exact) mass is 272 g/mol. The topological polar surface area (TPSA) is 58.3 Å². The molecule has 0 fully saturated rings. The van der Waals surface area contributed by atoms with E-state index in [2.05, 4.69) is 21.2 Å². The Morgan fingerprint density at radius 1 is 1.53 bits per heavy atom. The summed E-state index contributed by atoms with van der Waals surface area (Å²) in [5.74, 6) is 0. The van der Waals surface area contributed by atoms with Crippen molar-refractivity contribution >= 4 is 21.6 Å². The molecule has 1 aromatic carbocycles. The van der Waals surface area contributed by atoms with Crippen molar-refractivity contribution in [2.45, 2.75) is 19.4 Å². The van der Waals surface area contributed by atoms with E-state index in [0.29, 0.717) is 12.1 Å². The molecule has 84 valence electrons. The molecule has 4 N–H and O–H groups in total. The number of nitrogens with two attached hydrogens (primary N) is 1. The smallest absolute Gasteiger partial charge is 0.0802 e. The lowest BCUT2D eigenvalue weighted by Gasteiger charge is -2.12. The first-order valence-electron chi connectivity index (χ1n) is 5.09. The molecule has 1 atom stereocenters. The lowest BCUT2D eigenvalue weighted by atomic mass is 10.1. The third-order valence-corrected chi connectivity index (χ3v) is 2.97. The molecular weight excluding hydrogens is 256 g/mol. The number of rotatable bonds is 5. The van der Waals surface area contributed by atoms with Crippen molar-refractivity contribution < 1.29 is 5.11 Å². The fourth-order valence-corrected chi connectivity index (χ4v) is 1.60. The average molecular weight is 273 g/mol. The van der Waals surface area contributed by atoms with Crippen molar-refractivity contribution in [1.29, 1.82) is 0 Å². The Balaban J connectivity index is 2.57. The van der Waals surface area contributed by atoms with E-state index in [9.17, 15) is 5.11 Å². The Morgan fingerprint density at radius 3 is 2.87 bits per heavy atom. The Kier molecular flexibility index (Phi) is 5.08. The number of nitrogens with one attached hydrogen (secondary N) is 1. The van der Waals surface area contributed by atoms with Crippen LogP contribution in [0.15, 0.2) is 22.7 Å². The molecular formula is C11H17BrN2O. The number of hydrogen-bond acceptors (Lipinski definition) is 3. The third-order valence-electron chi connectivity index (χ3n) is 2.25. The minimum absolute atomic E-state index is 0.445. The van der Waals surface area contributed by atoms with Gasteiger partial charge in [-0.1, -0.05) is 13.0 Å². The second-order valence-corrected chi connectivity index (χ2v) is 4.29. The van der Waals surface area contributed by atoms with Crippen LogP contribution >= 0.6 is 15.9 Å². The van der Waals surface area contributed by atoms with Crippen LogP contribution in [0.25, 0.3) is 0 Å². The number of anilines is 1. The van der Waals surface area contributed by atoms with Crippen LogP contribution in [0.5, 0.6) is 0 Å². The summed E-state index contributed by atoms with van der Waals surface area (Å²) in [5, 5.41) is 13.0. The first-order valence-corrected chi connectivity index (χ1v) is 5.88. The summed E-state index contributed by atoms with van der Waals surface area (Å²) in [5.41, 5.74) is 7.27. The molecule has 0 saturated heterocycles. The second kappa shape index (κ2) is 6.10. The summed E-state index contributed by atoms with van der Waals surface area (Å²) < 4.78 is 0.866. The van der Waals surface area contributed by atoms with Gasteiger partial charge in [-0.15, -0.1) is 0 Å². The van der Waals surface area contributed by atoms with Crippen LogP contribution in [0.2, 0.25) is 0 Å². The molecule has 0 spiro atoms. The lowest BCUT2D eigenvalue weighted by Crippen LogP contribution is -2.16. The van der Waals surface area contributed by atoms with Gasteiger partial charge < -0.3 is 16.2 Å². The predicted octanol–water partition coefficient (Wildman–Crippen LogP) is 2.06. The molecule has 15 heavy (non-hydrogen) atoms. The summed E-state index contributed by atoms with van der Waals surface area (Å²) >= 11 is 3.32. The van der Waals surface area contributed by atoms with Gasteiger partial charge in [-0.2, -0.15) is 0 Å². The van der Waals surface area contributed by atoms with Crippen molar-refractivity contribution in [3.63, 3.8) is 0 Å². The van der Waals surface area contributed by atoms with E-state index in [-0.39, 0.29) is 0 Å². The largest absolute Gasteiger partial charge is 0.398 e. The van der Waals surface area contributed by atoms with Crippen LogP contribution in [0.1, 0.15) is 25.0 Å². The number of halogens is 1. The highest BCUT2D eigenvalue weighted by Crippen LogP contribution is 2.24. The van der Waals surface area contributed by atoms with Crippen LogP contribution in [0.3, 0.4) is 0 Å². The van der Waals surface area contributed by atoms with E-state index in [1.54, 1.807) is 6.07 Å². The van der Waals surface area contributed by atoms with E-state index < -0.39 is 6.10 Å². The van der Waals surface area contributed by atoms with Crippen LogP contribution in [0, 0.1) is 0 Å². The SMILES string of the molecule is CCNCCC(O)c1ccc(Br)c(N)c1. The average Bonchev–Trinajstić information content (AvgIpc) is 2.22. The van der Waals surface area contributed by atoms with E-state index in [4.69, 9.17) is 5.73 Å². The van der Waals surface area contributed by atoms with Crippen LogP contribution in [0.4, 0.5) is 5.69 Å². The molecule has 1 rings (SSSR count). The Morgan fingerprint density at radius 2 is 2.27 bits per heavy atom. The highest BCUT2D eigenvalue weighted by molar-refractivity contribution is 9.10. The van der Waals surface area contributed by atoms with Crippen molar-refractivity contribution in [3.05, 3.63) is 28.2 Å². The predicted molar refractivity (Wildman–Crippen MR) is 66.7 cm³/mol. The lowest BCUT2D eigenvalue weighted by molar-refractivity contribution is 0.167. The Bertz CT molecular complexity index is 317. The third kappa shape index (κ3) is 3.81. The number of aliphatic hydroxyl groups is 1. The molecule has 3 nitrogen and oxygen atoms in total. The van der Waals surface area contributed by atoms with Gasteiger partial charge in [0.25, 0.3) is 0 Å². The maximum atomic E-state index is 9.85. The van der Waals surface area contributed by atoms with Gasteiger partial charge in [-0.05, 0) is 53.1 Å². The molecule has 0 aliphatic heterocycles. The zero-order valence-electron chi connectivity index (χ0n) is 8.83. The maximum Gasteiger partial charge on any atom is 0.0802 e. The van der Waals surface area contributed by atoms with Gasteiger partial charge >= 0.3 is 0 Å². The first-order chi connectivity index (χ1) is 7.15. The van der Waals surface area contributed by atoms with Gasteiger partial charge in [-0.3, -0.25) is 0 Å². The van der Waals surface area contributed by atoms with Gasteiger partial charge in [0.1, 0.15) is 0 Å². The Hall–Kier alpha value is -0.580. The maximum absolute atomic E-state index is 9.85. The molecule has 0 saturated carbocycles. The van der Waals surface area contributed by atoms with E-state index in [1.807, 2.05) is 19.1 Å². The summed E-state index contributed by atoms with van der Waals surface area (Å²) in [7, 11) is 0. The van der Waals surface area contributed by atoms with Crippen molar-refractivity contribution in [2.75, 3.05) is 18.8 Å². The molecule has 0 aromatic heterocycles. The molecule has 0 radical (unpaired) electrons. The van der Waals surface area contributed by atoms with Crippen LogP contribution in [-0.4, -0.2) is 18.2 Å². The van der Waals surface area contributed by atoms with Gasteiger partial charge in [0, 0.05) is 10.2 Å². The fraction of sp³-hybridized carbons (Fsp3) is 0.455. The minimum Gasteiger partial charge on any atom is -0.398 e. The fourth-order valence-electron chi connectivity index (χ4n) is 1.35. The van der Waals surface area contributed by atoms with Crippen LogP contribution < -0.4 is 11.1 Å². The standard InChI is InChI=1S/C11H17BrN2O/c1-2-14-6-5-11(15)8-3-4-9(12)10(13)7-8/h3-4,7,11,14-15H,2,5-6,13H2,1H3. The first kappa shape index (κ1) is 12.5. The van der Waals surface area contributed by atoms with E-state index in [1.165, 1.54) is 0 Å². The second-order valence-electron chi connectivity index (χ2n) is 3.44. The summed E-state index contributed by atoms with van der Waals surface area (Å²) in [6.45, 7) is 3.78. The number of hydrogen-bond donors (Lipinski definition) is 3. The molecule has 1 unspecified atom stereocenters. The summed E-state index contributed by atoms with van der Waals surface area (Å²) in [4.78, 5) is 0. The number of aliphatic hydroxyl groups excluding tert-OH is 1. The highest BCUT2D eigenvalue weighted by Gasteiger charge is 2.08. The normalized spacial score (nSPS) is 12.7. The van der Waals surface area contributed by atoms with Crippen molar-refractivity contribution in [3.8, 4) is 0 Å². The molecule has 0 amide bonds. The number of benzene rings is 1.